The highest BCUT2D eigenvalue weighted by Crippen LogP contribution is 2.12. The van der Waals surface area contributed by atoms with Gasteiger partial charge in [0.05, 0.1) is 0 Å². The molecule has 0 N–H and O–H groups in total. The molecule has 2 rings (SSSR count). The second-order valence-electron chi connectivity index (χ2n) is 4.40. The number of hydrogen-bond acceptors (Lipinski definition) is 2. The monoisotopic (exact) mass is 311 g/mol. The van der Waals surface area contributed by atoms with Gasteiger partial charge in [0.25, 0.3) is 0 Å². The Labute approximate surface area is 126 Å². The van der Waals surface area contributed by atoms with Crippen molar-refractivity contribution >= 4 is 12.9 Å². The first kappa shape index (κ1) is 17.5. The van der Waals surface area contributed by atoms with E-state index < -0.39 is 7.25 Å². The first-order chi connectivity index (χ1) is 10.3. The molecular formula is C14H14BF4N3. The average molecular weight is 311 g/mol. The average Bonchev–Trinajstić information content (AvgIpc) is 2.46. The lowest BCUT2D eigenvalue weighted by molar-refractivity contribution is -0.586. The summed E-state index contributed by atoms with van der Waals surface area (Å²) in [6, 6.07) is 14.2. The molecule has 2 aromatic rings. The van der Waals surface area contributed by atoms with E-state index in [4.69, 9.17) is 5.26 Å². The number of nitriles is 1. The summed E-state index contributed by atoms with van der Waals surface area (Å²) in [4.78, 5) is 2.15. The van der Waals surface area contributed by atoms with Crippen LogP contribution >= 0.6 is 0 Å². The summed E-state index contributed by atoms with van der Waals surface area (Å²) in [5.41, 5.74) is 2.37. The largest absolute Gasteiger partial charge is 0.673 e. The second-order valence-corrected chi connectivity index (χ2v) is 4.40. The van der Waals surface area contributed by atoms with Crippen LogP contribution in [0.1, 0.15) is 5.56 Å². The van der Waals surface area contributed by atoms with Crippen LogP contribution in [0, 0.1) is 11.5 Å². The predicted octanol–water partition coefficient (Wildman–Crippen LogP) is 3.24. The lowest BCUT2D eigenvalue weighted by Gasteiger charge is -2.18. The molecule has 0 radical (unpaired) electrons. The smallest absolute Gasteiger partial charge is 0.418 e. The van der Waals surface area contributed by atoms with Gasteiger partial charge in [0, 0.05) is 31.4 Å². The third-order valence-electron chi connectivity index (χ3n) is 2.63. The van der Waals surface area contributed by atoms with Crippen LogP contribution in [0.15, 0.2) is 54.9 Å². The van der Waals surface area contributed by atoms with Crippen molar-refractivity contribution in [1.82, 2.24) is 0 Å². The molecule has 22 heavy (non-hydrogen) atoms. The summed E-state index contributed by atoms with van der Waals surface area (Å²) in [5.74, 6) is 0. The molecule has 3 nitrogen and oxygen atoms in total. The van der Waals surface area contributed by atoms with Gasteiger partial charge in [-0.1, -0.05) is 30.3 Å². The molecule has 0 fully saturated rings. The minimum Gasteiger partial charge on any atom is -0.418 e. The quantitative estimate of drug-likeness (QED) is 0.495. The number of aromatic nitrogens is 1. The van der Waals surface area contributed by atoms with Crippen molar-refractivity contribution in [3.8, 4) is 6.19 Å². The molecule has 0 spiro atoms. The maximum absolute atomic E-state index is 9.75. The third kappa shape index (κ3) is 7.29. The molecule has 1 heterocycles. The van der Waals surface area contributed by atoms with E-state index in [9.17, 15) is 17.3 Å². The first-order valence-corrected chi connectivity index (χ1v) is 6.33. The Bertz CT molecular complexity index is 603. The number of hydrogen-bond donors (Lipinski definition) is 0. The van der Waals surface area contributed by atoms with Crippen LogP contribution in [0.2, 0.25) is 0 Å². The van der Waals surface area contributed by atoms with E-state index >= 15 is 0 Å². The van der Waals surface area contributed by atoms with E-state index in [-0.39, 0.29) is 0 Å². The van der Waals surface area contributed by atoms with Crippen molar-refractivity contribution in [3.05, 3.63) is 60.4 Å². The van der Waals surface area contributed by atoms with Gasteiger partial charge in [-0.15, -0.1) is 4.57 Å². The number of anilines is 1. The summed E-state index contributed by atoms with van der Waals surface area (Å²) < 4.78 is 40.5. The van der Waals surface area contributed by atoms with E-state index in [1.165, 1.54) is 10.1 Å². The van der Waals surface area contributed by atoms with Crippen LogP contribution in [-0.4, -0.2) is 14.3 Å². The Hall–Kier alpha value is -2.56. The normalized spacial score (nSPS) is 10.2. The van der Waals surface area contributed by atoms with E-state index in [2.05, 4.69) is 17.0 Å². The summed E-state index contributed by atoms with van der Waals surface area (Å²) in [6.45, 7) is 0.859. The fourth-order valence-corrected chi connectivity index (χ4v) is 1.69. The van der Waals surface area contributed by atoms with Gasteiger partial charge in [0.15, 0.2) is 5.26 Å². The molecule has 0 atom stereocenters. The Morgan fingerprint density at radius 3 is 2.00 bits per heavy atom. The highest BCUT2D eigenvalue weighted by molar-refractivity contribution is 6.50. The summed E-state index contributed by atoms with van der Waals surface area (Å²) >= 11 is 0. The van der Waals surface area contributed by atoms with Crippen LogP contribution in [0.5, 0.6) is 0 Å². The van der Waals surface area contributed by atoms with Gasteiger partial charge < -0.3 is 22.2 Å². The predicted molar refractivity (Wildman–Crippen MR) is 76.4 cm³/mol. The highest BCUT2D eigenvalue weighted by atomic mass is 19.5. The number of benzene rings is 1. The van der Waals surface area contributed by atoms with Crippen LogP contribution in [0.3, 0.4) is 0 Å². The van der Waals surface area contributed by atoms with Crippen molar-refractivity contribution in [3.63, 3.8) is 0 Å². The molecule has 8 heteroatoms. The minimum atomic E-state index is -6.00. The van der Waals surface area contributed by atoms with Gasteiger partial charge in [0.1, 0.15) is 12.4 Å². The molecule has 0 bridgehead atoms. The number of rotatable bonds is 3. The molecular weight excluding hydrogens is 297 g/mol. The van der Waals surface area contributed by atoms with Crippen molar-refractivity contribution in [2.24, 2.45) is 0 Å². The molecule has 0 saturated heterocycles. The SMILES string of the molecule is CN(Cc1ccccc1)c1cc[n+](C#N)cc1.F[B-](F)(F)F. The maximum atomic E-state index is 9.75. The minimum absolute atomic E-state index is 0.859. The summed E-state index contributed by atoms with van der Waals surface area (Å²) in [6.07, 6.45) is 5.56. The lowest BCUT2D eigenvalue weighted by Crippen LogP contribution is -2.27. The van der Waals surface area contributed by atoms with Crippen molar-refractivity contribution in [2.75, 3.05) is 11.9 Å². The first-order valence-electron chi connectivity index (χ1n) is 6.33. The van der Waals surface area contributed by atoms with Gasteiger partial charge in [-0.05, 0) is 5.56 Å². The van der Waals surface area contributed by atoms with Crippen molar-refractivity contribution in [2.45, 2.75) is 6.54 Å². The number of pyridine rings is 1. The highest BCUT2D eigenvalue weighted by Gasteiger charge is 2.20. The molecule has 116 valence electrons. The lowest BCUT2D eigenvalue weighted by atomic mass is 10.2. The Morgan fingerprint density at radius 2 is 1.55 bits per heavy atom. The van der Waals surface area contributed by atoms with E-state index in [0.29, 0.717) is 0 Å². The van der Waals surface area contributed by atoms with Crippen molar-refractivity contribution in [1.29, 1.82) is 5.26 Å². The van der Waals surface area contributed by atoms with E-state index in [1.54, 1.807) is 12.4 Å². The third-order valence-corrected chi connectivity index (χ3v) is 2.63. The molecule has 0 unspecified atom stereocenters. The Kier molecular flexibility index (Phi) is 6.38. The summed E-state index contributed by atoms with van der Waals surface area (Å²) in [5, 5.41) is 8.70. The fourth-order valence-electron chi connectivity index (χ4n) is 1.69. The van der Waals surface area contributed by atoms with Crippen LogP contribution in [0.25, 0.3) is 0 Å². The topological polar surface area (TPSA) is 30.9 Å². The van der Waals surface area contributed by atoms with E-state index in [1.807, 2.05) is 43.6 Å². The second kappa shape index (κ2) is 8.03. The molecule has 1 aromatic carbocycles. The Balaban J connectivity index is 0.000000422. The molecule has 0 amide bonds. The van der Waals surface area contributed by atoms with Crippen molar-refractivity contribution < 1.29 is 21.8 Å². The van der Waals surface area contributed by atoms with Crippen LogP contribution < -0.4 is 9.47 Å². The molecule has 0 saturated carbocycles. The number of nitrogens with zero attached hydrogens (tertiary/aromatic N) is 3. The zero-order valence-corrected chi connectivity index (χ0v) is 11.8. The standard InChI is InChI=1S/C14H14N3.BF4/c1-16(11-13-5-3-2-4-6-13)14-7-9-17(12-15)10-8-14;2-1(3,4)5/h2-10H,11H2,1H3;/q+1;-1. The Morgan fingerprint density at radius 1 is 1.05 bits per heavy atom. The van der Waals surface area contributed by atoms with E-state index in [0.717, 1.165) is 12.2 Å². The summed E-state index contributed by atoms with van der Waals surface area (Å²) in [7, 11) is -3.96. The number of halogens is 4. The van der Waals surface area contributed by atoms with Gasteiger partial charge in [-0.25, -0.2) is 0 Å². The zero-order valence-electron chi connectivity index (χ0n) is 11.8. The fraction of sp³-hybridized carbons (Fsp3) is 0.143. The maximum Gasteiger partial charge on any atom is 0.673 e. The van der Waals surface area contributed by atoms with Gasteiger partial charge >= 0.3 is 13.4 Å². The van der Waals surface area contributed by atoms with Gasteiger partial charge in [0.2, 0.25) is 0 Å². The molecule has 0 aliphatic rings. The van der Waals surface area contributed by atoms with Crippen LogP contribution in [0.4, 0.5) is 23.0 Å². The van der Waals surface area contributed by atoms with Crippen LogP contribution in [-0.2, 0) is 6.54 Å². The molecule has 0 aliphatic heterocycles. The molecule has 1 aromatic heterocycles. The van der Waals surface area contributed by atoms with Gasteiger partial charge in [-0.2, -0.15) is 0 Å². The molecule has 0 aliphatic carbocycles. The zero-order chi connectivity index (χ0) is 16.6. The van der Waals surface area contributed by atoms with Gasteiger partial charge in [-0.3, -0.25) is 0 Å².